The summed E-state index contributed by atoms with van der Waals surface area (Å²) in [6.07, 6.45) is 0. The van der Waals surface area contributed by atoms with Gasteiger partial charge in [0.1, 0.15) is 12.1 Å². The van der Waals surface area contributed by atoms with Gasteiger partial charge in [-0.25, -0.2) is 4.79 Å². The summed E-state index contributed by atoms with van der Waals surface area (Å²) < 4.78 is 0. The average molecular weight is 379 g/mol. The molecule has 1 aliphatic rings. The van der Waals surface area contributed by atoms with Crippen molar-refractivity contribution >= 4 is 17.8 Å². The minimum atomic E-state index is -1.17. The number of benzene rings is 2. The first kappa shape index (κ1) is 19.6. The van der Waals surface area contributed by atoms with E-state index in [1.807, 2.05) is 69.3 Å². The molecule has 0 spiro atoms. The molecule has 2 N–H and O–H groups in total. The molecular formula is C22H25N3O3. The van der Waals surface area contributed by atoms with Crippen LogP contribution in [0.4, 0.5) is 4.79 Å². The van der Waals surface area contributed by atoms with E-state index in [1.165, 1.54) is 0 Å². The zero-order valence-corrected chi connectivity index (χ0v) is 16.6. The largest absolute Gasteiger partial charge is 0.348 e. The van der Waals surface area contributed by atoms with Crippen molar-refractivity contribution < 1.29 is 14.4 Å². The van der Waals surface area contributed by atoms with Gasteiger partial charge in [-0.15, -0.1) is 0 Å². The molecule has 2 aromatic carbocycles. The Hall–Kier alpha value is -3.15. The molecule has 1 saturated heterocycles. The summed E-state index contributed by atoms with van der Waals surface area (Å²) in [6.45, 7) is 7.15. The van der Waals surface area contributed by atoms with Crippen molar-refractivity contribution in [2.75, 3.05) is 6.54 Å². The Morgan fingerprint density at radius 3 is 2.39 bits per heavy atom. The van der Waals surface area contributed by atoms with E-state index in [4.69, 9.17) is 0 Å². The molecule has 1 fully saturated rings. The van der Waals surface area contributed by atoms with Gasteiger partial charge in [-0.05, 0) is 44.4 Å². The maximum Gasteiger partial charge on any atom is 0.325 e. The SMILES string of the molecule is Cc1ccc(C2(C)NC(=O)N(CC(=O)NC(C)c3ccccc3C)C2=O)cc1. The lowest BCUT2D eigenvalue weighted by Gasteiger charge is -2.22. The van der Waals surface area contributed by atoms with Gasteiger partial charge < -0.3 is 10.6 Å². The molecule has 1 aliphatic heterocycles. The number of amides is 4. The number of carbonyl (C=O) groups excluding carboxylic acids is 3. The number of nitrogens with zero attached hydrogens (tertiary/aromatic N) is 1. The predicted molar refractivity (Wildman–Crippen MR) is 107 cm³/mol. The van der Waals surface area contributed by atoms with E-state index in [2.05, 4.69) is 10.6 Å². The first-order valence-electron chi connectivity index (χ1n) is 9.28. The first-order valence-corrected chi connectivity index (χ1v) is 9.28. The lowest BCUT2D eigenvalue weighted by molar-refractivity contribution is -0.135. The fourth-order valence-corrected chi connectivity index (χ4v) is 3.50. The molecule has 6 heteroatoms. The molecule has 2 unspecified atom stereocenters. The van der Waals surface area contributed by atoms with Gasteiger partial charge in [0.05, 0.1) is 6.04 Å². The Morgan fingerprint density at radius 1 is 1.11 bits per heavy atom. The maximum absolute atomic E-state index is 12.9. The minimum absolute atomic E-state index is 0.224. The van der Waals surface area contributed by atoms with Crippen molar-refractivity contribution in [1.29, 1.82) is 0 Å². The molecule has 28 heavy (non-hydrogen) atoms. The van der Waals surface area contributed by atoms with Crippen LogP contribution in [-0.4, -0.2) is 29.3 Å². The molecule has 0 aromatic heterocycles. The van der Waals surface area contributed by atoms with Crippen LogP contribution in [0.5, 0.6) is 0 Å². The van der Waals surface area contributed by atoms with Crippen LogP contribution in [0.1, 0.15) is 42.1 Å². The fourth-order valence-electron chi connectivity index (χ4n) is 3.50. The van der Waals surface area contributed by atoms with Crippen molar-refractivity contribution in [3.05, 3.63) is 70.8 Å². The summed E-state index contributed by atoms with van der Waals surface area (Å²) in [7, 11) is 0. The van der Waals surface area contributed by atoms with Crippen molar-refractivity contribution in [3.63, 3.8) is 0 Å². The quantitative estimate of drug-likeness (QED) is 0.784. The van der Waals surface area contributed by atoms with Crippen molar-refractivity contribution in [1.82, 2.24) is 15.5 Å². The van der Waals surface area contributed by atoms with E-state index in [1.54, 1.807) is 6.92 Å². The number of urea groups is 1. The third-order valence-electron chi connectivity index (χ3n) is 5.24. The number of rotatable bonds is 5. The van der Waals surface area contributed by atoms with Gasteiger partial charge in [0.2, 0.25) is 5.91 Å². The molecule has 2 atom stereocenters. The summed E-state index contributed by atoms with van der Waals surface area (Å²) in [5.41, 5.74) is 2.64. The molecule has 0 bridgehead atoms. The monoisotopic (exact) mass is 379 g/mol. The lowest BCUT2D eigenvalue weighted by Crippen LogP contribution is -2.43. The Bertz CT molecular complexity index is 923. The number of carbonyl (C=O) groups is 3. The van der Waals surface area contributed by atoms with Crippen LogP contribution in [0.15, 0.2) is 48.5 Å². The van der Waals surface area contributed by atoms with Gasteiger partial charge in [0.15, 0.2) is 0 Å². The van der Waals surface area contributed by atoms with Gasteiger partial charge in [0, 0.05) is 0 Å². The number of nitrogens with one attached hydrogen (secondary N) is 2. The van der Waals surface area contributed by atoms with E-state index in [0.717, 1.165) is 21.6 Å². The topological polar surface area (TPSA) is 78.5 Å². The van der Waals surface area contributed by atoms with Crippen LogP contribution in [0.3, 0.4) is 0 Å². The zero-order chi connectivity index (χ0) is 20.5. The van der Waals surface area contributed by atoms with Crippen molar-refractivity contribution in [3.8, 4) is 0 Å². The Balaban J connectivity index is 1.71. The summed E-state index contributed by atoms with van der Waals surface area (Å²) in [5, 5.41) is 5.59. The smallest absolute Gasteiger partial charge is 0.325 e. The Labute approximate surface area is 164 Å². The summed E-state index contributed by atoms with van der Waals surface area (Å²) in [5.74, 6) is -0.813. The fraction of sp³-hybridized carbons (Fsp3) is 0.318. The van der Waals surface area contributed by atoms with Gasteiger partial charge in [-0.3, -0.25) is 14.5 Å². The van der Waals surface area contributed by atoms with Crippen LogP contribution in [0.25, 0.3) is 0 Å². The van der Waals surface area contributed by atoms with E-state index >= 15 is 0 Å². The number of aryl methyl sites for hydroxylation is 2. The molecule has 4 amide bonds. The molecule has 2 aromatic rings. The van der Waals surface area contributed by atoms with Crippen LogP contribution in [-0.2, 0) is 15.1 Å². The zero-order valence-electron chi connectivity index (χ0n) is 16.6. The van der Waals surface area contributed by atoms with Crippen LogP contribution >= 0.6 is 0 Å². The van der Waals surface area contributed by atoms with Crippen LogP contribution in [0.2, 0.25) is 0 Å². The van der Waals surface area contributed by atoms with Crippen LogP contribution in [0, 0.1) is 13.8 Å². The molecule has 146 valence electrons. The second-order valence-electron chi connectivity index (χ2n) is 7.46. The summed E-state index contributed by atoms with van der Waals surface area (Å²) >= 11 is 0. The minimum Gasteiger partial charge on any atom is -0.348 e. The highest BCUT2D eigenvalue weighted by atomic mass is 16.2. The van der Waals surface area contributed by atoms with E-state index in [9.17, 15) is 14.4 Å². The summed E-state index contributed by atoms with van der Waals surface area (Å²) in [6, 6.07) is 14.4. The molecule has 0 aliphatic carbocycles. The Morgan fingerprint density at radius 2 is 1.75 bits per heavy atom. The lowest BCUT2D eigenvalue weighted by atomic mass is 9.91. The van der Waals surface area contributed by atoms with E-state index in [0.29, 0.717) is 5.56 Å². The maximum atomic E-state index is 12.9. The van der Waals surface area contributed by atoms with E-state index < -0.39 is 17.5 Å². The second kappa shape index (κ2) is 7.46. The van der Waals surface area contributed by atoms with Crippen molar-refractivity contribution in [2.24, 2.45) is 0 Å². The van der Waals surface area contributed by atoms with E-state index in [-0.39, 0.29) is 18.5 Å². The molecule has 3 rings (SSSR count). The highest BCUT2D eigenvalue weighted by molar-refractivity contribution is 6.09. The van der Waals surface area contributed by atoms with Gasteiger partial charge >= 0.3 is 6.03 Å². The second-order valence-corrected chi connectivity index (χ2v) is 7.46. The Kier molecular flexibility index (Phi) is 5.23. The predicted octanol–water partition coefficient (Wildman–Crippen LogP) is 2.95. The first-order chi connectivity index (χ1) is 13.2. The molecule has 0 radical (unpaired) electrons. The standard InChI is InChI=1S/C22H25N3O3/c1-14-9-11-17(12-10-14)22(4)20(27)25(21(28)24-22)13-19(26)23-16(3)18-8-6-5-7-15(18)2/h5-12,16H,13H2,1-4H3,(H,23,26)(H,24,28). The third kappa shape index (κ3) is 3.63. The number of hydrogen-bond acceptors (Lipinski definition) is 3. The highest BCUT2D eigenvalue weighted by Crippen LogP contribution is 2.29. The van der Waals surface area contributed by atoms with Gasteiger partial charge in [-0.1, -0.05) is 54.1 Å². The third-order valence-corrected chi connectivity index (χ3v) is 5.24. The number of imide groups is 1. The van der Waals surface area contributed by atoms with Gasteiger partial charge in [-0.2, -0.15) is 0 Å². The van der Waals surface area contributed by atoms with Crippen LogP contribution < -0.4 is 10.6 Å². The molecule has 6 nitrogen and oxygen atoms in total. The number of hydrogen-bond donors (Lipinski definition) is 2. The molecular weight excluding hydrogens is 354 g/mol. The van der Waals surface area contributed by atoms with Gasteiger partial charge in [0.25, 0.3) is 5.91 Å². The normalized spacial score (nSPS) is 20.1. The molecule has 0 saturated carbocycles. The highest BCUT2D eigenvalue weighted by Gasteiger charge is 2.49. The summed E-state index contributed by atoms with van der Waals surface area (Å²) in [4.78, 5) is 38.8. The average Bonchev–Trinajstić information content (AvgIpc) is 2.86. The van der Waals surface area contributed by atoms with Crippen molar-refractivity contribution in [2.45, 2.75) is 39.3 Å². The molecule has 1 heterocycles.